The number of carbonyl (C=O) groups is 1. The van der Waals surface area contributed by atoms with Gasteiger partial charge >= 0.3 is 0 Å². The summed E-state index contributed by atoms with van der Waals surface area (Å²) in [7, 11) is 0. The van der Waals surface area contributed by atoms with Crippen LogP contribution >= 0.6 is 0 Å². The van der Waals surface area contributed by atoms with Crippen molar-refractivity contribution in [3.05, 3.63) is 0 Å². The quantitative estimate of drug-likeness (QED) is 0.720. The van der Waals surface area contributed by atoms with Gasteiger partial charge in [0.25, 0.3) is 0 Å². The van der Waals surface area contributed by atoms with Crippen molar-refractivity contribution in [2.75, 3.05) is 26.2 Å². The van der Waals surface area contributed by atoms with E-state index in [1.54, 1.807) is 0 Å². The van der Waals surface area contributed by atoms with E-state index in [2.05, 4.69) is 13.0 Å². The maximum absolute atomic E-state index is 12.4. The molecule has 4 heteroatoms. The lowest BCUT2D eigenvalue weighted by atomic mass is 9.98. The molecule has 2 aliphatic rings. The van der Waals surface area contributed by atoms with Crippen molar-refractivity contribution < 1.29 is 4.79 Å². The van der Waals surface area contributed by atoms with Crippen molar-refractivity contribution in [2.24, 2.45) is 5.92 Å². The van der Waals surface area contributed by atoms with Gasteiger partial charge in [0.15, 0.2) is 0 Å². The van der Waals surface area contributed by atoms with Gasteiger partial charge in [-0.2, -0.15) is 5.26 Å². The van der Waals surface area contributed by atoms with E-state index in [9.17, 15) is 4.79 Å². The number of hydrogen-bond acceptors (Lipinski definition) is 3. The van der Waals surface area contributed by atoms with Crippen molar-refractivity contribution >= 4 is 5.91 Å². The van der Waals surface area contributed by atoms with E-state index >= 15 is 0 Å². The second kappa shape index (κ2) is 8.16. The molecule has 2 aliphatic heterocycles. The van der Waals surface area contributed by atoms with Crippen LogP contribution in [0.5, 0.6) is 0 Å². The van der Waals surface area contributed by atoms with Gasteiger partial charge in [-0.3, -0.25) is 9.69 Å². The fraction of sp³-hybridized carbons (Fsp3) is 0.867. The standard InChI is InChI=1S/C13H21N3O.C2H6/c1-11-4-8-16(9-5-11)13(17)12-3-2-7-15(12)10-6-14;1-2/h11-12H,2-5,7-10H2,1H3;1-2H3/t12-;/m0./s1. The molecule has 0 saturated carbocycles. The van der Waals surface area contributed by atoms with E-state index in [1.165, 1.54) is 0 Å². The van der Waals surface area contributed by atoms with Crippen LogP contribution < -0.4 is 0 Å². The molecular formula is C15H27N3O. The second-order valence-corrected chi connectivity index (χ2v) is 5.29. The molecule has 0 aromatic rings. The largest absolute Gasteiger partial charge is 0.341 e. The van der Waals surface area contributed by atoms with Crippen LogP contribution in [0.3, 0.4) is 0 Å². The summed E-state index contributed by atoms with van der Waals surface area (Å²) in [5.74, 6) is 1.00. The Bertz CT molecular complexity index is 316. The molecule has 2 heterocycles. The molecule has 0 N–H and O–H groups in total. The molecule has 2 rings (SSSR count). The lowest BCUT2D eigenvalue weighted by Gasteiger charge is -2.34. The third-order valence-corrected chi connectivity index (χ3v) is 4.02. The van der Waals surface area contributed by atoms with Gasteiger partial charge < -0.3 is 4.90 Å². The fourth-order valence-electron chi connectivity index (χ4n) is 2.83. The molecule has 0 radical (unpaired) electrons. The Morgan fingerprint density at radius 3 is 2.42 bits per heavy atom. The van der Waals surface area contributed by atoms with Crippen molar-refractivity contribution in [3.8, 4) is 6.07 Å². The van der Waals surface area contributed by atoms with E-state index in [0.29, 0.717) is 6.54 Å². The molecular weight excluding hydrogens is 238 g/mol. The Morgan fingerprint density at radius 2 is 1.84 bits per heavy atom. The number of nitrogens with zero attached hydrogens (tertiary/aromatic N) is 3. The zero-order valence-corrected chi connectivity index (χ0v) is 12.6. The van der Waals surface area contributed by atoms with Crippen molar-refractivity contribution in [1.29, 1.82) is 5.26 Å². The Hall–Kier alpha value is -1.08. The van der Waals surface area contributed by atoms with Crippen LogP contribution in [0.15, 0.2) is 0 Å². The molecule has 2 saturated heterocycles. The molecule has 4 nitrogen and oxygen atoms in total. The topological polar surface area (TPSA) is 47.3 Å². The van der Waals surface area contributed by atoms with Crippen molar-refractivity contribution in [3.63, 3.8) is 0 Å². The number of hydrogen-bond donors (Lipinski definition) is 0. The minimum Gasteiger partial charge on any atom is -0.341 e. The molecule has 19 heavy (non-hydrogen) atoms. The monoisotopic (exact) mass is 265 g/mol. The minimum absolute atomic E-state index is 0.0249. The summed E-state index contributed by atoms with van der Waals surface area (Å²) in [5.41, 5.74) is 0. The summed E-state index contributed by atoms with van der Waals surface area (Å²) in [5, 5.41) is 8.75. The van der Waals surface area contributed by atoms with Gasteiger partial charge in [0.1, 0.15) is 0 Å². The molecule has 1 amide bonds. The molecule has 0 bridgehead atoms. The van der Waals surface area contributed by atoms with Crippen LogP contribution in [0.4, 0.5) is 0 Å². The first-order chi connectivity index (χ1) is 9.22. The number of rotatable bonds is 2. The lowest BCUT2D eigenvalue weighted by Crippen LogP contribution is -2.48. The highest BCUT2D eigenvalue weighted by Crippen LogP contribution is 2.22. The van der Waals surface area contributed by atoms with Crippen LogP contribution in [-0.4, -0.2) is 47.9 Å². The van der Waals surface area contributed by atoms with Gasteiger partial charge in [-0.1, -0.05) is 20.8 Å². The maximum Gasteiger partial charge on any atom is 0.239 e. The Balaban J connectivity index is 0.000000861. The Labute approximate surface area is 117 Å². The van der Waals surface area contributed by atoms with E-state index in [-0.39, 0.29) is 11.9 Å². The molecule has 1 atom stereocenters. The molecule has 108 valence electrons. The zero-order chi connectivity index (χ0) is 14.3. The molecule has 0 spiro atoms. The maximum atomic E-state index is 12.4. The summed E-state index contributed by atoms with van der Waals surface area (Å²) in [6, 6.07) is 2.13. The highest BCUT2D eigenvalue weighted by molar-refractivity contribution is 5.82. The van der Waals surface area contributed by atoms with Crippen LogP contribution in [-0.2, 0) is 4.79 Å². The summed E-state index contributed by atoms with van der Waals surface area (Å²) in [4.78, 5) is 16.4. The highest BCUT2D eigenvalue weighted by Gasteiger charge is 2.34. The normalized spacial score (nSPS) is 24.5. The molecule has 0 unspecified atom stereocenters. The third kappa shape index (κ3) is 4.21. The van der Waals surface area contributed by atoms with Crippen molar-refractivity contribution in [2.45, 2.75) is 52.5 Å². The first kappa shape index (κ1) is 16.0. The van der Waals surface area contributed by atoms with Crippen LogP contribution in [0.1, 0.15) is 46.5 Å². The van der Waals surface area contributed by atoms with Crippen LogP contribution in [0.2, 0.25) is 0 Å². The van der Waals surface area contributed by atoms with Gasteiger partial charge in [-0.05, 0) is 31.6 Å². The smallest absolute Gasteiger partial charge is 0.239 e. The highest BCUT2D eigenvalue weighted by atomic mass is 16.2. The number of likely N-dealkylation sites (tertiary alicyclic amines) is 2. The summed E-state index contributed by atoms with van der Waals surface area (Å²) in [6.45, 7) is 9.34. The van der Waals surface area contributed by atoms with Crippen LogP contribution in [0, 0.1) is 17.2 Å². The SMILES string of the molecule is CC.CC1CCN(C(=O)[C@@H]2CCCN2CC#N)CC1. The molecule has 0 aliphatic carbocycles. The Morgan fingerprint density at radius 1 is 1.21 bits per heavy atom. The van der Waals surface area contributed by atoms with E-state index in [4.69, 9.17) is 5.26 Å². The average molecular weight is 265 g/mol. The van der Waals surface area contributed by atoms with Crippen LogP contribution in [0.25, 0.3) is 0 Å². The summed E-state index contributed by atoms with van der Waals surface area (Å²) in [6.07, 6.45) is 4.21. The van der Waals surface area contributed by atoms with Gasteiger partial charge in [0, 0.05) is 19.6 Å². The van der Waals surface area contributed by atoms with Gasteiger partial charge in [-0.15, -0.1) is 0 Å². The van der Waals surface area contributed by atoms with Gasteiger partial charge in [0.2, 0.25) is 5.91 Å². The number of nitriles is 1. The first-order valence-electron chi connectivity index (χ1n) is 7.62. The number of piperidine rings is 1. The van der Waals surface area contributed by atoms with E-state index in [1.807, 2.05) is 23.6 Å². The second-order valence-electron chi connectivity index (χ2n) is 5.29. The molecule has 0 aromatic heterocycles. The van der Waals surface area contributed by atoms with E-state index in [0.717, 1.165) is 51.2 Å². The zero-order valence-electron chi connectivity index (χ0n) is 12.6. The summed E-state index contributed by atoms with van der Waals surface area (Å²) >= 11 is 0. The average Bonchev–Trinajstić information content (AvgIpc) is 2.90. The van der Waals surface area contributed by atoms with Gasteiger partial charge in [0.05, 0.1) is 18.7 Å². The molecule has 2 fully saturated rings. The summed E-state index contributed by atoms with van der Waals surface area (Å²) < 4.78 is 0. The Kier molecular flexibility index (Phi) is 6.86. The minimum atomic E-state index is -0.0249. The first-order valence-corrected chi connectivity index (χ1v) is 7.62. The number of amides is 1. The number of carbonyl (C=O) groups excluding carboxylic acids is 1. The predicted octanol–water partition coefficient (Wildman–Crippen LogP) is 2.26. The lowest BCUT2D eigenvalue weighted by molar-refractivity contribution is -0.137. The van der Waals surface area contributed by atoms with E-state index < -0.39 is 0 Å². The van der Waals surface area contributed by atoms with Crippen molar-refractivity contribution in [1.82, 2.24) is 9.80 Å². The predicted molar refractivity (Wildman–Crippen MR) is 76.5 cm³/mol. The fourth-order valence-corrected chi connectivity index (χ4v) is 2.83. The molecule has 0 aromatic carbocycles. The third-order valence-electron chi connectivity index (χ3n) is 4.02. The van der Waals surface area contributed by atoms with Gasteiger partial charge in [-0.25, -0.2) is 0 Å².